The minimum absolute atomic E-state index is 0.161. The molecule has 0 radical (unpaired) electrons. The first-order chi connectivity index (χ1) is 14.0. The number of aryl methyl sites for hydroxylation is 1. The van der Waals surface area contributed by atoms with E-state index in [1.807, 2.05) is 19.9 Å². The molecule has 1 aromatic carbocycles. The summed E-state index contributed by atoms with van der Waals surface area (Å²) in [5.41, 5.74) is 2.56. The average molecular weight is 401 g/mol. The first kappa shape index (κ1) is 20.9. The first-order valence-corrected chi connectivity index (χ1v) is 9.66. The Morgan fingerprint density at radius 3 is 2.45 bits per heavy atom. The predicted octanol–water partition coefficient (Wildman–Crippen LogP) is 3.34. The van der Waals surface area contributed by atoms with Crippen molar-refractivity contribution in [3.63, 3.8) is 0 Å². The van der Waals surface area contributed by atoms with E-state index in [-0.39, 0.29) is 24.1 Å². The van der Waals surface area contributed by atoms with Crippen LogP contribution in [0.15, 0.2) is 24.3 Å². The van der Waals surface area contributed by atoms with E-state index in [9.17, 15) is 9.59 Å². The topological polar surface area (TPSA) is 76.0 Å². The predicted molar refractivity (Wildman–Crippen MR) is 107 cm³/mol. The van der Waals surface area contributed by atoms with E-state index in [0.29, 0.717) is 17.1 Å². The number of carbonyl (C=O) groups excluding carboxylic acids is 2. The molecule has 1 aliphatic rings. The lowest BCUT2D eigenvalue weighted by Crippen LogP contribution is -2.18. The molecule has 0 spiro atoms. The second-order valence-electron chi connectivity index (χ2n) is 7.07. The molecule has 2 aromatic rings. The van der Waals surface area contributed by atoms with Crippen molar-refractivity contribution in [3.8, 4) is 11.5 Å². The largest absolute Gasteiger partial charge is 0.496 e. The van der Waals surface area contributed by atoms with Crippen LogP contribution in [0.3, 0.4) is 0 Å². The standard InChI is InChI=1S/C22H27NO6/c1-14-11-17(15(2)23(14)12-16-7-6-10-28-16)18(24)13-29-22(25)21-19(26-3)8-5-9-20(21)27-4/h5,8-9,11,16H,6-7,10,12-13H2,1-4H3/t16-/m0/s1. The number of hydrogen-bond acceptors (Lipinski definition) is 6. The molecule has 1 saturated heterocycles. The van der Waals surface area contributed by atoms with Crippen LogP contribution in [0.1, 0.15) is 44.9 Å². The van der Waals surface area contributed by atoms with Crippen LogP contribution in [-0.4, -0.2) is 49.9 Å². The van der Waals surface area contributed by atoms with Crippen molar-refractivity contribution in [2.24, 2.45) is 0 Å². The molecule has 29 heavy (non-hydrogen) atoms. The van der Waals surface area contributed by atoms with E-state index in [1.165, 1.54) is 14.2 Å². The zero-order valence-electron chi connectivity index (χ0n) is 17.3. The van der Waals surface area contributed by atoms with Crippen LogP contribution in [0.2, 0.25) is 0 Å². The molecule has 0 N–H and O–H groups in total. The molecule has 0 bridgehead atoms. The highest BCUT2D eigenvalue weighted by molar-refractivity contribution is 6.01. The van der Waals surface area contributed by atoms with Gasteiger partial charge in [-0.25, -0.2) is 4.79 Å². The van der Waals surface area contributed by atoms with E-state index in [1.54, 1.807) is 18.2 Å². The number of ether oxygens (including phenoxy) is 4. The van der Waals surface area contributed by atoms with Crippen molar-refractivity contribution in [1.82, 2.24) is 4.57 Å². The van der Waals surface area contributed by atoms with Crippen molar-refractivity contribution in [2.75, 3.05) is 27.4 Å². The molecule has 0 unspecified atom stereocenters. The number of ketones is 1. The molecular weight excluding hydrogens is 374 g/mol. The molecule has 7 heteroatoms. The zero-order chi connectivity index (χ0) is 21.0. The number of esters is 1. The van der Waals surface area contributed by atoms with E-state index >= 15 is 0 Å². The summed E-state index contributed by atoms with van der Waals surface area (Å²) < 4.78 is 23.5. The maximum Gasteiger partial charge on any atom is 0.346 e. The Hall–Kier alpha value is -2.80. The van der Waals surface area contributed by atoms with Gasteiger partial charge in [-0.2, -0.15) is 0 Å². The summed E-state index contributed by atoms with van der Waals surface area (Å²) in [6, 6.07) is 6.83. The monoisotopic (exact) mass is 401 g/mol. The van der Waals surface area contributed by atoms with Crippen LogP contribution < -0.4 is 9.47 Å². The van der Waals surface area contributed by atoms with Crippen LogP contribution >= 0.6 is 0 Å². The number of hydrogen-bond donors (Lipinski definition) is 0. The molecule has 0 saturated carbocycles. The maximum absolute atomic E-state index is 12.7. The Morgan fingerprint density at radius 2 is 1.86 bits per heavy atom. The van der Waals surface area contributed by atoms with Gasteiger partial charge in [-0.05, 0) is 44.9 Å². The number of aromatic nitrogens is 1. The highest BCUT2D eigenvalue weighted by atomic mass is 16.5. The van der Waals surface area contributed by atoms with E-state index in [2.05, 4.69) is 4.57 Å². The molecule has 0 amide bonds. The fourth-order valence-corrected chi connectivity index (χ4v) is 3.69. The van der Waals surface area contributed by atoms with Crippen molar-refractivity contribution >= 4 is 11.8 Å². The number of carbonyl (C=O) groups is 2. The summed E-state index contributed by atoms with van der Waals surface area (Å²) in [6.07, 6.45) is 2.27. The number of nitrogens with zero attached hydrogens (tertiary/aromatic N) is 1. The van der Waals surface area contributed by atoms with Gasteiger partial charge in [-0.1, -0.05) is 6.07 Å². The molecule has 1 fully saturated rings. The summed E-state index contributed by atoms with van der Waals surface area (Å²) in [5, 5.41) is 0. The Bertz CT molecular complexity index is 873. The molecule has 2 heterocycles. The molecule has 1 aromatic heterocycles. The minimum atomic E-state index is -0.666. The maximum atomic E-state index is 12.7. The quantitative estimate of drug-likeness (QED) is 0.499. The van der Waals surface area contributed by atoms with Gasteiger partial charge in [0.05, 0.1) is 20.3 Å². The lowest BCUT2D eigenvalue weighted by atomic mass is 10.1. The molecule has 156 valence electrons. The second kappa shape index (κ2) is 9.13. The smallest absolute Gasteiger partial charge is 0.346 e. The minimum Gasteiger partial charge on any atom is -0.496 e. The van der Waals surface area contributed by atoms with Gasteiger partial charge in [0, 0.05) is 30.1 Å². The molecule has 3 rings (SSSR count). The van der Waals surface area contributed by atoms with Gasteiger partial charge in [0.2, 0.25) is 5.78 Å². The Kier molecular flexibility index (Phi) is 6.59. The molecule has 7 nitrogen and oxygen atoms in total. The first-order valence-electron chi connectivity index (χ1n) is 9.66. The van der Waals surface area contributed by atoms with E-state index in [0.717, 1.165) is 37.4 Å². The average Bonchev–Trinajstić information content (AvgIpc) is 3.34. The van der Waals surface area contributed by atoms with Crippen molar-refractivity contribution < 1.29 is 28.5 Å². The molecular formula is C22H27NO6. The highest BCUT2D eigenvalue weighted by Crippen LogP contribution is 2.29. The molecule has 1 atom stereocenters. The third-order valence-electron chi connectivity index (χ3n) is 5.25. The van der Waals surface area contributed by atoms with Gasteiger partial charge in [0.25, 0.3) is 0 Å². The summed E-state index contributed by atoms with van der Waals surface area (Å²) in [7, 11) is 2.92. The number of rotatable bonds is 8. The van der Waals surface area contributed by atoms with Gasteiger partial charge < -0.3 is 23.5 Å². The second-order valence-corrected chi connectivity index (χ2v) is 7.07. The van der Waals surface area contributed by atoms with Gasteiger partial charge in [0.1, 0.15) is 17.1 Å². The fraction of sp³-hybridized carbons (Fsp3) is 0.455. The van der Waals surface area contributed by atoms with Crippen molar-refractivity contribution in [2.45, 2.75) is 39.3 Å². The summed E-state index contributed by atoms with van der Waals surface area (Å²) in [5.74, 6) is -0.257. The molecule has 0 aliphatic carbocycles. The van der Waals surface area contributed by atoms with Crippen LogP contribution in [0.5, 0.6) is 11.5 Å². The summed E-state index contributed by atoms with van der Waals surface area (Å²) >= 11 is 0. The van der Waals surface area contributed by atoms with Gasteiger partial charge in [-0.15, -0.1) is 0 Å². The van der Waals surface area contributed by atoms with E-state index < -0.39 is 5.97 Å². The number of methoxy groups -OCH3 is 2. The SMILES string of the molecule is COc1cccc(OC)c1C(=O)OCC(=O)c1cc(C)n(C[C@@H]2CCCO2)c1C. The summed E-state index contributed by atoms with van der Waals surface area (Å²) in [4.78, 5) is 25.3. The molecule has 1 aliphatic heterocycles. The van der Waals surface area contributed by atoms with Crippen molar-refractivity contribution in [3.05, 3.63) is 46.8 Å². The van der Waals surface area contributed by atoms with Gasteiger partial charge in [0.15, 0.2) is 6.61 Å². The van der Waals surface area contributed by atoms with Gasteiger partial charge in [-0.3, -0.25) is 4.79 Å². The zero-order valence-corrected chi connectivity index (χ0v) is 17.3. The Labute approximate surface area is 170 Å². The number of benzene rings is 1. The van der Waals surface area contributed by atoms with Crippen LogP contribution in [0.25, 0.3) is 0 Å². The normalized spacial score (nSPS) is 15.9. The highest BCUT2D eigenvalue weighted by Gasteiger charge is 2.24. The van der Waals surface area contributed by atoms with Crippen LogP contribution in [0, 0.1) is 13.8 Å². The Morgan fingerprint density at radius 1 is 1.17 bits per heavy atom. The van der Waals surface area contributed by atoms with Crippen LogP contribution in [0.4, 0.5) is 0 Å². The van der Waals surface area contributed by atoms with Gasteiger partial charge >= 0.3 is 5.97 Å². The lowest BCUT2D eigenvalue weighted by molar-refractivity contribution is 0.0468. The third-order valence-corrected chi connectivity index (χ3v) is 5.25. The van der Waals surface area contributed by atoms with Crippen LogP contribution in [-0.2, 0) is 16.0 Å². The number of Topliss-reactive ketones (excluding diaryl/α,β-unsaturated/α-hetero) is 1. The summed E-state index contributed by atoms with van der Waals surface area (Å²) in [6.45, 7) is 5.02. The van der Waals surface area contributed by atoms with Crippen molar-refractivity contribution in [1.29, 1.82) is 0 Å². The lowest BCUT2D eigenvalue weighted by Gasteiger charge is -2.15. The third kappa shape index (κ3) is 4.45. The van der Waals surface area contributed by atoms with E-state index in [4.69, 9.17) is 18.9 Å². The Balaban J connectivity index is 1.71. The fourth-order valence-electron chi connectivity index (χ4n) is 3.69.